The van der Waals surface area contributed by atoms with Crippen LogP contribution in [0.3, 0.4) is 0 Å². The summed E-state index contributed by atoms with van der Waals surface area (Å²) < 4.78 is 5.12. The van der Waals surface area contributed by atoms with Crippen molar-refractivity contribution in [2.24, 2.45) is 5.92 Å². The molecule has 1 unspecified atom stereocenters. The Labute approximate surface area is 126 Å². The predicted octanol–water partition coefficient (Wildman–Crippen LogP) is 3.66. The van der Waals surface area contributed by atoms with Gasteiger partial charge < -0.3 is 4.74 Å². The van der Waals surface area contributed by atoms with E-state index in [1.165, 1.54) is 0 Å². The number of carbonyl (C=O) groups is 2. The summed E-state index contributed by atoms with van der Waals surface area (Å²) in [6.07, 6.45) is 4.11. The second-order valence-corrected chi connectivity index (χ2v) is 5.76. The third kappa shape index (κ3) is 3.02. The Morgan fingerprint density at radius 3 is 2.33 bits per heavy atom. The van der Waals surface area contributed by atoms with E-state index in [-0.39, 0.29) is 11.8 Å². The van der Waals surface area contributed by atoms with Crippen LogP contribution in [0, 0.1) is 5.92 Å². The average Bonchev–Trinajstić information content (AvgIpc) is 2.45. The summed E-state index contributed by atoms with van der Waals surface area (Å²) in [7, 11) is 0. The highest BCUT2D eigenvalue weighted by Gasteiger charge is 2.49. The van der Waals surface area contributed by atoms with Gasteiger partial charge in [0.2, 0.25) is 0 Å². The third-order valence-electron chi connectivity index (χ3n) is 4.47. The molecule has 1 aliphatic carbocycles. The van der Waals surface area contributed by atoms with Crippen LogP contribution >= 0.6 is 0 Å². The topological polar surface area (TPSA) is 43.4 Å². The monoisotopic (exact) mass is 288 g/mol. The normalized spacial score (nSPS) is 17.6. The number of benzene rings is 1. The molecule has 2 rings (SSSR count). The highest BCUT2D eigenvalue weighted by atomic mass is 16.5. The van der Waals surface area contributed by atoms with Crippen LogP contribution in [0.4, 0.5) is 0 Å². The molecule has 0 radical (unpaired) electrons. The second-order valence-electron chi connectivity index (χ2n) is 5.76. The minimum Gasteiger partial charge on any atom is -0.465 e. The molecule has 0 amide bonds. The molecule has 114 valence electrons. The maximum Gasteiger partial charge on any atom is 0.316 e. The first-order valence-corrected chi connectivity index (χ1v) is 7.92. The van der Waals surface area contributed by atoms with Gasteiger partial charge in [-0.1, -0.05) is 50.1 Å². The molecule has 1 atom stereocenters. The zero-order valence-electron chi connectivity index (χ0n) is 12.9. The summed E-state index contributed by atoms with van der Waals surface area (Å²) in [4.78, 5) is 25.2. The van der Waals surface area contributed by atoms with E-state index in [0.29, 0.717) is 13.0 Å². The lowest BCUT2D eigenvalue weighted by molar-refractivity contribution is -0.154. The molecule has 0 saturated heterocycles. The number of carbonyl (C=O) groups excluding carboxylic acids is 2. The van der Waals surface area contributed by atoms with Gasteiger partial charge in [-0.15, -0.1) is 0 Å². The largest absolute Gasteiger partial charge is 0.465 e. The Hall–Kier alpha value is -1.64. The van der Waals surface area contributed by atoms with E-state index in [2.05, 4.69) is 0 Å². The minimum atomic E-state index is -0.615. The van der Waals surface area contributed by atoms with Crippen molar-refractivity contribution < 1.29 is 14.3 Å². The fraction of sp³-hybridized carbons (Fsp3) is 0.556. The Morgan fingerprint density at radius 1 is 1.19 bits per heavy atom. The summed E-state index contributed by atoms with van der Waals surface area (Å²) in [5, 5.41) is 0. The zero-order chi connectivity index (χ0) is 15.3. The fourth-order valence-electron chi connectivity index (χ4n) is 3.19. The predicted molar refractivity (Wildman–Crippen MR) is 82.0 cm³/mol. The molecule has 1 fully saturated rings. The van der Waals surface area contributed by atoms with Crippen molar-refractivity contribution in [1.82, 2.24) is 0 Å². The molecule has 1 aliphatic rings. The molecule has 1 aromatic carbocycles. The van der Waals surface area contributed by atoms with E-state index < -0.39 is 11.3 Å². The highest BCUT2D eigenvalue weighted by molar-refractivity contribution is 6.05. The van der Waals surface area contributed by atoms with E-state index >= 15 is 0 Å². The van der Waals surface area contributed by atoms with Crippen LogP contribution < -0.4 is 0 Å². The number of hydrogen-bond acceptors (Lipinski definition) is 3. The number of ether oxygens (including phenoxy) is 1. The fourth-order valence-corrected chi connectivity index (χ4v) is 3.19. The van der Waals surface area contributed by atoms with Gasteiger partial charge in [-0.05, 0) is 31.7 Å². The Kier molecular flexibility index (Phi) is 5.16. The number of hydrogen-bond donors (Lipinski definition) is 0. The van der Waals surface area contributed by atoms with E-state index in [4.69, 9.17) is 4.74 Å². The van der Waals surface area contributed by atoms with Crippen molar-refractivity contribution >= 4 is 11.8 Å². The first-order valence-electron chi connectivity index (χ1n) is 7.92. The van der Waals surface area contributed by atoms with Crippen molar-refractivity contribution in [3.05, 3.63) is 35.9 Å². The summed E-state index contributed by atoms with van der Waals surface area (Å²) in [6.45, 7) is 4.10. The first-order chi connectivity index (χ1) is 10.2. The molecule has 0 bridgehead atoms. The summed E-state index contributed by atoms with van der Waals surface area (Å²) in [6, 6.07) is 9.88. The lowest BCUT2D eigenvalue weighted by Gasteiger charge is -2.42. The Bertz CT molecular complexity index is 488. The average molecular weight is 288 g/mol. The molecular formula is C18H24O3. The molecule has 21 heavy (non-hydrogen) atoms. The van der Waals surface area contributed by atoms with Crippen LogP contribution in [0.5, 0.6) is 0 Å². The molecule has 0 spiro atoms. The first kappa shape index (κ1) is 15.7. The summed E-state index contributed by atoms with van der Waals surface area (Å²) >= 11 is 0. The van der Waals surface area contributed by atoms with Gasteiger partial charge in [0.15, 0.2) is 5.78 Å². The van der Waals surface area contributed by atoms with Crippen LogP contribution in [-0.4, -0.2) is 18.4 Å². The number of Topliss-reactive ketones (excluding diaryl/α,β-unsaturated/α-hetero) is 1. The molecule has 0 aromatic heterocycles. The van der Waals surface area contributed by atoms with Gasteiger partial charge in [0.1, 0.15) is 5.92 Å². The SMILES string of the molecule is CCCC(C(=O)OCC)C(=O)C1(c2ccccc2)CCC1. The zero-order valence-corrected chi connectivity index (χ0v) is 12.9. The van der Waals surface area contributed by atoms with Crippen molar-refractivity contribution in [1.29, 1.82) is 0 Å². The highest BCUT2D eigenvalue weighted by Crippen LogP contribution is 2.46. The maximum absolute atomic E-state index is 13.1. The minimum absolute atomic E-state index is 0.0558. The van der Waals surface area contributed by atoms with Gasteiger partial charge in [0.05, 0.1) is 12.0 Å². The molecular weight excluding hydrogens is 264 g/mol. The molecule has 0 N–H and O–H groups in total. The van der Waals surface area contributed by atoms with Crippen LogP contribution in [-0.2, 0) is 19.7 Å². The number of ketones is 1. The van der Waals surface area contributed by atoms with E-state index in [0.717, 1.165) is 31.2 Å². The van der Waals surface area contributed by atoms with Crippen molar-refractivity contribution in [2.75, 3.05) is 6.61 Å². The standard InChI is InChI=1S/C18H24O3/c1-3-9-15(17(20)21-4-2)16(19)18(12-8-13-18)14-10-6-5-7-11-14/h5-7,10-11,15H,3-4,8-9,12-13H2,1-2H3. The molecule has 0 heterocycles. The molecule has 1 aromatic rings. The molecule has 0 aliphatic heterocycles. The smallest absolute Gasteiger partial charge is 0.316 e. The quantitative estimate of drug-likeness (QED) is 0.568. The maximum atomic E-state index is 13.1. The van der Waals surface area contributed by atoms with E-state index in [9.17, 15) is 9.59 Å². The number of rotatable bonds is 7. The molecule has 1 saturated carbocycles. The number of esters is 1. The summed E-state index contributed by atoms with van der Waals surface area (Å²) in [5.41, 5.74) is 0.583. The van der Waals surface area contributed by atoms with E-state index in [1.54, 1.807) is 6.92 Å². The van der Waals surface area contributed by atoms with Gasteiger partial charge in [-0.3, -0.25) is 9.59 Å². The van der Waals surface area contributed by atoms with Crippen LogP contribution in [0.2, 0.25) is 0 Å². The van der Waals surface area contributed by atoms with Gasteiger partial charge >= 0.3 is 5.97 Å². The lowest BCUT2D eigenvalue weighted by Crippen LogP contribution is -2.48. The molecule has 3 heteroatoms. The van der Waals surface area contributed by atoms with Gasteiger partial charge in [0, 0.05) is 0 Å². The second kappa shape index (κ2) is 6.88. The Morgan fingerprint density at radius 2 is 1.86 bits per heavy atom. The molecule has 3 nitrogen and oxygen atoms in total. The third-order valence-corrected chi connectivity index (χ3v) is 4.47. The van der Waals surface area contributed by atoms with E-state index in [1.807, 2.05) is 37.3 Å². The summed E-state index contributed by atoms with van der Waals surface area (Å²) in [5.74, 6) is -0.915. The van der Waals surface area contributed by atoms with Crippen molar-refractivity contribution in [3.63, 3.8) is 0 Å². The van der Waals surface area contributed by atoms with Crippen LogP contribution in [0.15, 0.2) is 30.3 Å². The van der Waals surface area contributed by atoms with Gasteiger partial charge in [-0.25, -0.2) is 0 Å². The van der Waals surface area contributed by atoms with Crippen LogP contribution in [0.1, 0.15) is 51.5 Å². The van der Waals surface area contributed by atoms with Crippen molar-refractivity contribution in [3.8, 4) is 0 Å². The van der Waals surface area contributed by atoms with Gasteiger partial charge in [-0.2, -0.15) is 0 Å². The van der Waals surface area contributed by atoms with Crippen LogP contribution in [0.25, 0.3) is 0 Å². The lowest BCUT2D eigenvalue weighted by atomic mass is 9.59. The Balaban J connectivity index is 2.27. The van der Waals surface area contributed by atoms with Gasteiger partial charge in [0.25, 0.3) is 0 Å². The van der Waals surface area contributed by atoms with Crippen molar-refractivity contribution in [2.45, 2.75) is 51.4 Å².